The van der Waals surface area contributed by atoms with Crippen molar-refractivity contribution in [3.63, 3.8) is 0 Å². The molecule has 1 unspecified atom stereocenters. The third kappa shape index (κ3) is 3.45. The van der Waals surface area contributed by atoms with Gasteiger partial charge in [0.15, 0.2) is 11.6 Å². The van der Waals surface area contributed by atoms with Gasteiger partial charge in [-0.05, 0) is 30.5 Å². The highest BCUT2D eigenvalue weighted by Gasteiger charge is 2.24. The lowest BCUT2D eigenvalue weighted by Gasteiger charge is -2.31. The van der Waals surface area contributed by atoms with E-state index in [0.717, 1.165) is 6.42 Å². The molecule has 3 nitrogen and oxygen atoms in total. The monoisotopic (exact) mass is 225 g/mol. The van der Waals surface area contributed by atoms with E-state index in [1.165, 1.54) is 6.07 Å². The molecule has 0 aliphatic heterocycles. The summed E-state index contributed by atoms with van der Waals surface area (Å²) in [5, 5.41) is 3.12. The average molecular weight is 225 g/mol. The Kier molecular flexibility index (Phi) is 4.24. The first-order chi connectivity index (χ1) is 7.45. The minimum absolute atomic E-state index is 0.0172. The molecule has 0 fully saturated rings. The maximum atomic E-state index is 13.4. The predicted octanol–water partition coefficient (Wildman–Crippen LogP) is 2.40. The molecule has 0 aliphatic carbocycles. The van der Waals surface area contributed by atoms with Crippen LogP contribution in [0.2, 0.25) is 0 Å². The predicted molar refractivity (Wildman–Crippen MR) is 64.7 cm³/mol. The second-order valence-corrected chi connectivity index (χ2v) is 4.97. The molecule has 3 N–H and O–H groups in total. The zero-order chi connectivity index (χ0) is 12.2. The minimum atomic E-state index is -0.325. The van der Waals surface area contributed by atoms with Crippen LogP contribution in [0.4, 0.5) is 10.2 Å². The Bertz CT molecular complexity index is 333. The van der Waals surface area contributed by atoms with Gasteiger partial charge in [0, 0.05) is 12.2 Å². The van der Waals surface area contributed by atoms with Gasteiger partial charge >= 0.3 is 0 Å². The first kappa shape index (κ1) is 12.9. The number of hydrogen-bond acceptors (Lipinski definition) is 3. The van der Waals surface area contributed by atoms with Crippen LogP contribution in [0.15, 0.2) is 18.3 Å². The smallest absolute Gasteiger partial charge is 0.165 e. The first-order valence-electron chi connectivity index (χ1n) is 5.52. The number of hydrogen-bond donors (Lipinski definition) is 2. The average Bonchev–Trinajstić information content (AvgIpc) is 2.19. The van der Waals surface area contributed by atoms with E-state index in [1.807, 2.05) is 0 Å². The molecule has 1 heterocycles. The van der Waals surface area contributed by atoms with Gasteiger partial charge in [0.1, 0.15) is 0 Å². The summed E-state index contributed by atoms with van der Waals surface area (Å²) in [4.78, 5) is 3.99. The van der Waals surface area contributed by atoms with Crippen molar-refractivity contribution in [2.75, 3.05) is 11.9 Å². The summed E-state index contributed by atoms with van der Waals surface area (Å²) < 4.78 is 13.4. The van der Waals surface area contributed by atoms with Crippen LogP contribution in [0.5, 0.6) is 0 Å². The molecule has 0 aliphatic rings. The molecule has 0 aromatic carbocycles. The Morgan fingerprint density at radius 1 is 1.50 bits per heavy atom. The molecule has 0 bridgehead atoms. The van der Waals surface area contributed by atoms with Crippen molar-refractivity contribution in [2.24, 2.45) is 11.1 Å². The number of halogens is 1. The summed E-state index contributed by atoms with van der Waals surface area (Å²) in [7, 11) is 0. The number of aromatic nitrogens is 1. The SMILES string of the molecule is CC(C)(C)C(CCN)Nc1ncccc1F. The minimum Gasteiger partial charge on any atom is -0.364 e. The number of nitrogens with zero attached hydrogens (tertiary/aromatic N) is 1. The van der Waals surface area contributed by atoms with Gasteiger partial charge in [0.05, 0.1) is 0 Å². The van der Waals surface area contributed by atoms with Crippen molar-refractivity contribution in [1.29, 1.82) is 0 Å². The molecule has 0 saturated carbocycles. The van der Waals surface area contributed by atoms with Gasteiger partial charge in [-0.3, -0.25) is 0 Å². The zero-order valence-electron chi connectivity index (χ0n) is 10.1. The van der Waals surface area contributed by atoms with Crippen LogP contribution < -0.4 is 11.1 Å². The third-order valence-electron chi connectivity index (χ3n) is 2.57. The first-order valence-corrected chi connectivity index (χ1v) is 5.52. The lowest BCUT2D eigenvalue weighted by atomic mass is 9.85. The van der Waals surface area contributed by atoms with Crippen LogP contribution in [-0.4, -0.2) is 17.6 Å². The largest absolute Gasteiger partial charge is 0.364 e. The van der Waals surface area contributed by atoms with Gasteiger partial charge in [-0.25, -0.2) is 9.37 Å². The highest BCUT2D eigenvalue weighted by molar-refractivity contribution is 5.37. The fourth-order valence-corrected chi connectivity index (χ4v) is 1.55. The van der Waals surface area contributed by atoms with Crippen LogP contribution in [0, 0.1) is 11.2 Å². The summed E-state index contributed by atoms with van der Waals surface area (Å²) in [5.74, 6) is -0.0235. The maximum Gasteiger partial charge on any atom is 0.165 e. The van der Waals surface area contributed by atoms with Crippen LogP contribution in [0.3, 0.4) is 0 Å². The van der Waals surface area contributed by atoms with E-state index < -0.39 is 0 Å². The molecule has 0 radical (unpaired) electrons. The van der Waals surface area contributed by atoms with E-state index in [1.54, 1.807) is 12.3 Å². The Morgan fingerprint density at radius 3 is 2.69 bits per heavy atom. The normalized spacial score (nSPS) is 13.6. The Morgan fingerprint density at radius 2 is 2.19 bits per heavy atom. The van der Waals surface area contributed by atoms with Crippen molar-refractivity contribution in [1.82, 2.24) is 4.98 Å². The zero-order valence-corrected chi connectivity index (χ0v) is 10.1. The van der Waals surface area contributed by atoms with Crippen molar-refractivity contribution in [3.8, 4) is 0 Å². The van der Waals surface area contributed by atoms with Crippen LogP contribution in [-0.2, 0) is 0 Å². The summed E-state index contributed by atoms with van der Waals surface area (Å²) >= 11 is 0. The fourth-order valence-electron chi connectivity index (χ4n) is 1.55. The number of nitrogens with two attached hydrogens (primary N) is 1. The molecular formula is C12H20FN3. The maximum absolute atomic E-state index is 13.4. The van der Waals surface area contributed by atoms with Crippen molar-refractivity contribution < 1.29 is 4.39 Å². The van der Waals surface area contributed by atoms with Crippen molar-refractivity contribution in [2.45, 2.75) is 33.2 Å². The van der Waals surface area contributed by atoms with E-state index >= 15 is 0 Å². The second-order valence-electron chi connectivity index (χ2n) is 4.97. The molecule has 1 aromatic rings. The molecule has 4 heteroatoms. The lowest BCUT2D eigenvalue weighted by Crippen LogP contribution is -2.36. The Balaban J connectivity index is 2.80. The van der Waals surface area contributed by atoms with Crippen LogP contribution in [0.1, 0.15) is 27.2 Å². The highest BCUT2D eigenvalue weighted by Crippen LogP contribution is 2.25. The molecule has 16 heavy (non-hydrogen) atoms. The van der Waals surface area contributed by atoms with E-state index in [9.17, 15) is 4.39 Å². The topological polar surface area (TPSA) is 50.9 Å². The van der Waals surface area contributed by atoms with E-state index in [0.29, 0.717) is 12.4 Å². The van der Waals surface area contributed by atoms with Crippen molar-refractivity contribution in [3.05, 3.63) is 24.1 Å². The second kappa shape index (κ2) is 5.25. The summed E-state index contributed by atoms with van der Waals surface area (Å²) in [5.41, 5.74) is 5.58. The fraction of sp³-hybridized carbons (Fsp3) is 0.583. The molecule has 1 aromatic heterocycles. The van der Waals surface area contributed by atoms with Gasteiger partial charge < -0.3 is 11.1 Å². The molecule has 0 spiro atoms. The third-order valence-corrected chi connectivity index (χ3v) is 2.57. The summed E-state index contributed by atoms with van der Waals surface area (Å²) in [6, 6.07) is 3.09. The molecular weight excluding hydrogens is 205 g/mol. The van der Waals surface area contributed by atoms with Crippen molar-refractivity contribution >= 4 is 5.82 Å². The lowest BCUT2D eigenvalue weighted by molar-refractivity contribution is 0.327. The van der Waals surface area contributed by atoms with Gasteiger partial charge in [0.2, 0.25) is 0 Å². The highest BCUT2D eigenvalue weighted by atomic mass is 19.1. The van der Waals surface area contributed by atoms with E-state index in [-0.39, 0.29) is 17.3 Å². The van der Waals surface area contributed by atoms with Gasteiger partial charge in [0.25, 0.3) is 0 Å². The van der Waals surface area contributed by atoms with Crippen LogP contribution in [0.25, 0.3) is 0 Å². The van der Waals surface area contributed by atoms with E-state index in [2.05, 4.69) is 31.1 Å². The van der Waals surface area contributed by atoms with E-state index in [4.69, 9.17) is 5.73 Å². The number of pyridine rings is 1. The van der Waals surface area contributed by atoms with Gasteiger partial charge in [-0.15, -0.1) is 0 Å². The van der Waals surface area contributed by atoms with Gasteiger partial charge in [-0.2, -0.15) is 0 Å². The molecule has 0 saturated heterocycles. The number of anilines is 1. The standard InChI is InChI=1S/C12H20FN3/c1-12(2,3)10(6-7-14)16-11-9(13)5-4-8-15-11/h4-5,8,10H,6-7,14H2,1-3H3,(H,15,16). The Labute approximate surface area is 96.3 Å². The molecule has 90 valence electrons. The Hall–Kier alpha value is -1.16. The number of nitrogens with one attached hydrogen (secondary N) is 1. The quantitative estimate of drug-likeness (QED) is 0.827. The summed E-state index contributed by atoms with van der Waals surface area (Å²) in [6.07, 6.45) is 2.37. The molecule has 0 amide bonds. The number of rotatable bonds is 4. The van der Waals surface area contributed by atoms with Gasteiger partial charge in [-0.1, -0.05) is 20.8 Å². The summed E-state index contributed by atoms with van der Waals surface area (Å²) in [6.45, 7) is 6.87. The molecule has 1 atom stereocenters. The molecule has 1 rings (SSSR count). The van der Waals surface area contributed by atoms with Crippen LogP contribution >= 0.6 is 0 Å².